The number of rotatable bonds is 10. The van der Waals surface area contributed by atoms with Crippen molar-refractivity contribution in [3.05, 3.63) is 65.3 Å². The first-order valence-electron chi connectivity index (χ1n) is 13.6. The smallest absolute Gasteiger partial charge is 0.257 e. The minimum atomic E-state index is -0.183. The summed E-state index contributed by atoms with van der Waals surface area (Å²) in [6.45, 7) is 6.96. The van der Waals surface area contributed by atoms with E-state index in [1.165, 1.54) is 5.56 Å². The fraction of sp³-hybridized carbons (Fsp3) is 0.367. The summed E-state index contributed by atoms with van der Waals surface area (Å²) in [5, 5.41) is 6.76. The van der Waals surface area contributed by atoms with E-state index in [1.54, 1.807) is 13.2 Å². The molecule has 5 rings (SSSR count). The van der Waals surface area contributed by atoms with E-state index in [0.29, 0.717) is 28.3 Å². The number of pyridine rings is 1. The summed E-state index contributed by atoms with van der Waals surface area (Å²) < 4.78 is 11.3. The van der Waals surface area contributed by atoms with Crippen LogP contribution in [0, 0.1) is 0 Å². The Bertz CT molecular complexity index is 1430. The molecular formula is C30H35ClN6O3. The van der Waals surface area contributed by atoms with Crippen LogP contribution >= 0.6 is 11.6 Å². The highest BCUT2D eigenvalue weighted by Crippen LogP contribution is 2.32. The number of nitrogens with one attached hydrogen (secondary N) is 3. The van der Waals surface area contributed by atoms with Crippen molar-refractivity contribution in [3.8, 4) is 22.9 Å². The number of piperidine rings is 1. The van der Waals surface area contributed by atoms with Gasteiger partial charge in [0.25, 0.3) is 5.91 Å². The average molecular weight is 563 g/mol. The zero-order valence-corrected chi connectivity index (χ0v) is 23.8. The Balaban J connectivity index is 1.21. The lowest BCUT2D eigenvalue weighted by Crippen LogP contribution is -2.38. The predicted octanol–water partition coefficient (Wildman–Crippen LogP) is 5.27. The van der Waals surface area contributed by atoms with Crippen LogP contribution in [0.2, 0.25) is 5.02 Å². The maximum Gasteiger partial charge on any atom is 0.257 e. The fourth-order valence-corrected chi connectivity index (χ4v) is 4.98. The summed E-state index contributed by atoms with van der Waals surface area (Å²) in [6, 6.07) is 16.1. The van der Waals surface area contributed by atoms with E-state index in [2.05, 4.69) is 54.8 Å². The molecule has 0 radical (unpaired) electrons. The first-order chi connectivity index (χ1) is 19.4. The van der Waals surface area contributed by atoms with Crippen LogP contribution in [0.5, 0.6) is 11.5 Å². The Hall–Kier alpha value is -3.82. The second-order valence-electron chi connectivity index (χ2n) is 10.3. The van der Waals surface area contributed by atoms with Gasteiger partial charge in [0.15, 0.2) is 12.3 Å². The third-order valence-corrected chi connectivity index (χ3v) is 7.17. The van der Waals surface area contributed by atoms with Gasteiger partial charge in [0.1, 0.15) is 22.8 Å². The molecule has 1 fully saturated rings. The van der Waals surface area contributed by atoms with Crippen molar-refractivity contribution in [2.24, 2.45) is 0 Å². The number of ether oxygens (including phenoxy) is 2. The van der Waals surface area contributed by atoms with Gasteiger partial charge in [0, 0.05) is 38.3 Å². The van der Waals surface area contributed by atoms with Gasteiger partial charge in [-0.3, -0.25) is 9.69 Å². The van der Waals surface area contributed by atoms with E-state index in [9.17, 15) is 4.79 Å². The van der Waals surface area contributed by atoms with Crippen LogP contribution < -0.4 is 20.1 Å². The van der Waals surface area contributed by atoms with Gasteiger partial charge >= 0.3 is 0 Å². The number of amides is 1. The Labute approximate surface area is 239 Å². The molecule has 40 heavy (non-hydrogen) atoms. The van der Waals surface area contributed by atoms with Crippen LogP contribution in [0.4, 0.5) is 5.69 Å². The van der Waals surface area contributed by atoms with Gasteiger partial charge in [0.05, 0.1) is 23.0 Å². The Morgan fingerprint density at radius 3 is 2.48 bits per heavy atom. The van der Waals surface area contributed by atoms with Gasteiger partial charge in [0.2, 0.25) is 0 Å². The number of fused-ring (bicyclic) bond motifs is 1. The Kier molecular flexibility index (Phi) is 8.72. The maximum absolute atomic E-state index is 11.4. The maximum atomic E-state index is 11.4. The molecule has 1 saturated heterocycles. The average Bonchev–Trinajstić information content (AvgIpc) is 3.40. The molecule has 2 aromatic heterocycles. The molecule has 0 unspecified atom stereocenters. The first-order valence-corrected chi connectivity index (χ1v) is 14.0. The molecule has 0 saturated carbocycles. The number of imidazole rings is 1. The standard InChI is InChI=1S/C30H35ClN6O3/c1-19(2)40-24-8-4-20(5-9-24)17-37-14-12-22(13-15-37)34-27-25(31)16-33-30-28(27)35-29(36-30)21-6-10-23(11-7-21)39-18-26(38)32-3/h4-11,16,19,22H,12-15,17-18H2,1-3H3,(H,32,38)(H2,33,34,35,36). The number of carbonyl (C=O) groups excluding carboxylic acids is 1. The SMILES string of the molecule is CNC(=O)COc1ccc(-c2nc3ncc(Cl)c(NC4CCN(Cc5ccc(OC(C)C)cc5)CC4)c3[nH]2)cc1. The number of aromatic amines is 1. The third kappa shape index (κ3) is 6.84. The summed E-state index contributed by atoms with van der Waals surface area (Å²) in [6.07, 6.45) is 3.84. The highest BCUT2D eigenvalue weighted by Gasteiger charge is 2.22. The number of carbonyl (C=O) groups is 1. The molecule has 210 valence electrons. The van der Waals surface area contributed by atoms with Crippen LogP contribution in [-0.2, 0) is 11.3 Å². The summed E-state index contributed by atoms with van der Waals surface area (Å²) in [7, 11) is 1.58. The van der Waals surface area contributed by atoms with Crippen molar-refractivity contribution in [2.45, 2.75) is 45.4 Å². The van der Waals surface area contributed by atoms with Gasteiger partial charge < -0.3 is 25.1 Å². The molecule has 3 N–H and O–H groups in total. The van der Waals surface area contributed by atoms with E-state index in [-0.39, 0.29) is 18.6 Å². The fourth-order valence-electron chi connectivity index (χ4n) is 4.78. The zero-order chi connectivity index (χ0) is 28.1. The molecule has 9 nitrogen and oxygen atoms in total. The number of benzene rings is 2. The van der Waals surface area contributed by atoms with Crippen molar-refractivity contribution < 1.29 is 14.3 Å². The minimum Gasteiger partial charge on any atom is -0.491 e. The number of anilines is 1. The van der Waals surface area contributed by atoms with Crippen molar-refractivity contribution in [1.82, 2.24) is 25.2 Å². The monoisotopic (exact) mass is 562 g/mol. The topological polar surface area (TPSA) is 104 Å². The van der Waals surface area contributed by atoms with Crippen LogP contribution in [0.15, 0.2) is 54.7 Å². The molecule has 0 spiro atoms. The number of nitrogens with zero attached hydrogens (tertiary/aromatic N) is 3. The van der Waals surface area contributed by atoms with E-state index in [4.69, 9.17) is 21.1 Å². The second kappa shape index (κ2) is 12.6. The highest BCUT2D eigenvalue weighted by molar-refractivity contribution is 6.34. The lowest BCUT2D eigenvalue weighted by Gasteiger charge is -2.33. The van der Waals surface area contributed by atoms with Crippen LogP contribution in [-0.4, -0.2) is 64.6 Å². The van der Waals surface area contributed by atoms with Gasteiger partial charge in [-0.1, -0.05) is 23.7 Å². The molecule has 1 aliphatic heterocycles. The number of hydrogen-bond acceptors (Lipinski definition) is 7. The number of halogens is 1. The molecule has 1 aliphatic rings. The number of hydrogen-bond donors (Lipinski definition) is 3. The molecule has 3 heterocycles. The molecule has 10 heteroatoms. The van der Waals surface area contributed by atoms with Gasteiger partial charge in [-0.15, -0.1) is 0 Å². The first kappa shape index (κ1) is 27.7. The molecule has 2 aromatic carbocycles. The van der Waals surface area contributed by atoms with Gasteiger partial charge in [-0.25, -0.2) is 9.97 Å². The van der Waals surface area contributed by atoms with E-state index in [1.807, 2.05) is 38.1 Å². The third-order valence-electron chi connectivity index (χ3n) is 6.89. The predicted molar refractivity (Wildman–Crippen MR) is 158 cm³/mol. The Morgan fingerprint density at radius 1 is 1.10 bits per heavy atom. The minimum absolute atomic E-state index is 0.0299. The van der Waals surface area contributed by atoms with E-state index in [0.717, 1.165) is 55.0 Å². The number of likely N-dealkylation sites (N-methyl/N-ethyl adjacent to an activating group) is 1. The summed E-state index contributed by atoms with van der Waals surface area (Å²) in [5.74, 6) is 2.02. The summed E-state index contributed by atoms with van der Waals surface area (Å²) in [4.78, 5) is 26.4. The lowest BCUT2D eigenvalue weighted by atomic mass is 10.0. The quantitative estimate of drug-likeness (QED) is 0.242. The van der Waals surface area contributed by atoms with E-state index < -0.39 is 0 Å². The van der Waals surface area contributed by atoms with Crippen molar-refractivity contribution >= 4 is 34.4 Å². The van der Waals surface area contributed by atoms with Crippen molar-refractivity contribution in [2.75, 3.05) is 32.1 Å². The number of aromatic nitrogens is 3. The largest absolute Gasteiger partial charge is 0.491 e. The molecule has 0 bridgehead atoms. The molecule has 0 aliphatic carbocycles. The molecule has 4 aromatic rings. The van der Waals surface area contributed by atoms with Crippen molar-refractivity contribution in [1.29, 1.82) is 0 Å². The summed E-state index contributed by atoms with van der Waals surface area (Å²) >= 11 is 6.61. The molecule has 0 atom stereocenters. The number of H-pyrrole nitrogens is 1. The second-order valence-corrected chi connectivity index (χ2v) is 10.7. The van der Waals surface area contributed by atoms with Crippen molar-refractivity contribution in [3.63, 3.8) is 0 Å². The van der Waals surface area contributed by atoms with Gasteiger partial charge in [-0.2, -0.15) is 0 Å². The Morgan fingerprint density at radius 2 is 1.80 bits per heavy atom. The van der Waals surface area contributed by atoms with Crippen LogP contribution in [0.25, 0.3) is 22.6 Å². The normalized spacial score (nSPS) is 14.4. The molecule has 1 amide bonds. The molecular weight excluding hydrogens is 528 g/mol. The highest BCUT2D eigenvalue weighted by atomic mass is 35.5. The zero-order valence-electron chi connectivity index (χ0n) is 23.0. The van der Waals surface area contributed by atoms with E-state index >= 15 is 0 Å². The number of likely N-dealkylation sites (tertiary alicyclic amines) is 1. The van der Waals surface area contributed by atoms with Crippen LogP contribution in [0.3, 0.4) is 0 Å². The van der Waals surface area contributed by atoms with Gasteiger partial charge in [-0.05, 0) is 68.7 Å². The van der Waals surface area contributed by atoms with Crippen LogP contribution in [0.1, 0.15) is 32.3 Å². The summed E-state index contributed by atoms with van der Waals surface area (Å²) in [5.41, 5.74) is 4.38. The lowest BCUT2D eigenvalue weighted by molar-refractivity contribution is -0.122.